The first-order valence-corrected chi connectivity index (χ1v) is 15.5. The summed E-state index contributed by atoms with van der Waals surface area (Å²) >= 11 is 1.56. The molecule has 1 saturated heterocycles. The standard InChI is InChI=1S/C36H35NO6S/c1-40-32-21-27(7-8-28(32)23-37-15-18-41-19-16-37)35(39)34-31-14-13-30(43-24-25-5-3-2-4-6-25)22-33(31)44-36(34)26-9-11-29(12-10-26)42-20-17-38/h2-14,21-22,38H,15-20,23-24H2,1H3. The number of hydrogen-bond acceptors (Lipinski definition) is 8. The molecule has 0 radical (unpaired) electrons. The van der Waals surface area contributed by atoms with Gasteiger partial charge in [-0.3, -0.25) is 9.69 Å². The van der Waals surface area contributed by atoms with Gasteiger partial charge in [0.2, 0.25) is 0 Å². The number of benzene rings is 4. The summed E-state index contributed by atoms with van der Waals surface area (Å²) in [7, 11) is 1.65. The fourth-order valence-corrected chi connectivity index (χ4v) is 6.60. The number of aliphatic hydroxyl groups is 1. The van der Waals surface area contributed by atoms with Crippen LogP contribution in [0.4, 0.5) is 0 Å². The maximum atomic E-state index is 14.3. The van der Waals surface area contributed by atoms with Crippen molar-refractivity contribution in [3.8, 4) is 27.7 Å². The van der Waals surface area contributed by atoms with Crippen LogP contribution in [0.5, 0.6) is 17.2 Å². The third-order valence-electron chi connectivity index (χ3n) is 7.66. The number of rotatable bonds is 12. The molecule has 226 valence electrons. The highest BCUT2D eigenvalue weighted by Gasteiger charge is 2.23. The number of thiophene rings is 1. The number of hydrogen-bond donors (Lipinski definition) is 1. The smallest absolute Gasteiger partial charge is 0.195 e. The largest absolute Gasteiger partial charge is 0.496 e. The van der Waals surface area contributed by atoms with E-state index in [0.717, 1.165) is 70.3 Å². The second-order valence-electron chi connectivity index (χ2n) is 10.6. The minimum absolute atomic E-state index is 0.0555. The zero-order valence-corrected chi connectivity index (χ0v) is 25.5. The fraction of sp³-hybridized carbons (Fsp3) is 0.250. The molecule has 8 heteroatoms. The number of morpholine rings is 1. The molecule has 5 aromatic rings. The molecule has 0 unspecified atom stereocenters. The first-order valence-electron chi connectivity index (χ1n) is 14.7. The van der Waals surface area contributed by atoms with Gasteiger partial charge in [-0.05, 0) is 59.7 Å². The van der Waals surface area contributed by atoms with Crippen molar-refractivity contribution in [3.63, 3.8) is 0 Å². The van der Waals surface area contributed by atoms with Gasteiger partial charge in [-0.25, -0.2) is 0 Å². The predicted molar refractivity (Wildman–Crippen MR) is 173 cm³/mol. The summed E-state index contributed by atoms with van der Waals surface area (Å²) in [5, 5.41) is 10.00. The molecule has 2 heterocycles. The van der Waals surface area contributed by atoms with Crippen LogP contribution in [0.2, 0.25) is 0 Å². The Balaban J connectivity index is 1.35. The summed E-state index contributed by atoms with van der Waals surface area (Å²) in [5.41, 5.74) is 4.26. The monoisotopic (exact) mass is 609 g/mol. The van der Waals surface area contributed by atoms with Gasteiger partial charge in [-0.2, -0.15) is 0 Å². The van der Waals surface area contributed by atoms with Crippen LogP contribution in [-0.4, -0.2) is 62.4 Å². The van der Waals surface area contributed by atoms with Crippen LogP contribution in [0, 0.1) is 0 Å². The summed E-state index contributed by atoms with van der Waals surface area (Å²) in [6.07, 6.45) is 0. The van der Waals surface area contributed by atoms with Crippen LogP contribution in [0.1, 0.15) is 27.0 Å². The number of aliphatic hydroxyl groups excluding tert-OH is 1. The molecule has 0 atom stereocenters. The Morgan fingerprint density at radius 2 is 1.68 bits per heavy atom. The molecule has 1 aliphatic heterocycles. The van der Waals surface area contributed by atoms with Crippen LogP contribution in [0.15, 0.2) is 91.0 Å². The number of ether oxygens (including phenoxy) is 4. The van der Waals surface area contributed by atoms with Crippen LogP contribution < -0.4 is 14.2 Å². The molecule has 7 nitrogen and oxygen atoms in total. The van der Waals surface area contributed by atoms with Crippen LogP contribution in [0.3, 0.4) is 0 Å². The highest BCUT2D eigenvalue weighted by atomic mass is 32.1. The molecule has 1 N–H and O–H groups in total. The Morgan fingerprint density at radius 3 is 2.43 bits per heavy atom. The lowest BCUT2D eigenvalue weighted by Crippen LogP contribution is -2.35. The van der Waals surface area contributed by atoms with E-state index >= 15 is 0 Å². The lowest BCUT2D eigenvalue weighted by Gasteiger charge is -2.27. The maximum Gasteiger partial charge on any atom is 0.195 e. The highest BCUT2D eigenvalue weighted by molar-refractivity contribution is 7.22. The van der Waals surface area contributed by atoms with Crippen molar-refractivity contribution in [3.05, 3.63) is 113 Å². The van der Waals surface area contributed by atoms with Crippen molar-refractivity contribution < 1.29 is 28.8 Å². The lowest BCUT2D eigenvalue weighted by molar-refractivity contribution is 0.0339. The number of ketones is 1. The van der Waals surface area contributed by atoms with Crippen molar-refractivity contribution in [1.29, 1.82) is 0 Å². The Kier molecular flexibility index (Phi) is 9.53. The van der Waals surface area contributed by atoms with Gasteiger partial charge in [-0.15, -0.1) is 11.3 Å². The van der Waals surface area contributed by atoms with Crippen molar-refractivity contribution in [2.24, 2.45) is 0 Å². The summed E-state index contributed by atoms with van der Waals surface area (Å²) in [5.74, 6) is 2.04. The van der Waals surface area contributed by atoms with E-state index in [1.165, 1.54) is 0 Å². The van der Waals surface area contributed by atoms with Crippen LogP contribution >= 0.6 is 11.3 Å². The molecule has 0 amide bonds. The zero-order valence-electron chi connectivity index (χ0n) is 24.7. The number of nitrogens with zero attached hydrogens (tertiary/aromatic N) is 1. The second kappa shape index (κ2) is 14.1. The molecule has 4 aromatic carbocycles. The van der Waals surface area contributed by atoms with Gasteiger partial charge in [-0.1, -0.05) is 42.5 Å². The number of carbonyl (C=O) groups is 1. The quantitative estimate of drug-likeness (QED) is 0.160. The minimum Gasteiger partial charge on any atom is -0.496 e. The molecule has 0 spiro atoms. The topological polar surface area (TPSA) is 77.5 Å². The van der Waals surface area contributed by atoms with Crippen molar-refractivity contribution in [1.82, 2.24) is 4.90 Å². The molecule has 1 fully saturated rings. The van der Waals surface area contributed by atoms with E-state index in [-0.39, 0.29) is 19.0 Å². The molecule has 0 saturated carbocycles. The summed E-state index contributed by atoms with van der Waals surface area (Å²) in [4.78, 5) is 17.5. The molecule has 44 heavy (non-hydrogen) atoms. The lowest BCUT2D eigenvalue weighted by atomic mass is 9.96. The molecular formula is C36H35NO6S. The van der Waals surface area contributed by atoms with Gasteiger partial charge in [0.15, 0.2) is 5.78 Å². The normalized spacial score (nSPS) is 13.6. The molecule has 6 rings (SSSR count). The van der Waals surface area contributed by atoms with E-state index < -0.39 is 0 Å². The second-order valence-corrected chi connectivity index (χ2v) is 11.6. The van der Waals surface area contributed by atoms with Gasteiger partial charge in [0.25, 0.3) is 0 Å². The number of methoxy groups -OCH3 is 1. The zero-order chi connectivity index (χ0) is 30.3. The van der Waals surface area contributed by atoms with Crippen molar-refractivity contribution in [2.75, 3.05) is 46.6 Å². The van der Waals surface area contributed by atoms with E-state index in [1.807, 2.05) is 91.0 Å². The first kappa shape index (κ1) is 29.8. The van der Waals surface area contributed by atoms with Crippen molar-refractivity contribution in [2.45, 2.75) is 13.2 Å². The van der Waals surface area contributed by atoms with Gasteiger partial charge in [0.05, 0.1) is 26.9 Å². The Labute approximate surface area is 261 Å². The summed E-state index contributed by atoms with van der Waals surface area (Å²) in [6.45, 7) is 4.55. The van der Waals surface area contributed by atoms with E-state index in [0.29, 0.717) is 29.2 Å². The van der Waals surface area contributed by atoms with Gasteiger partial charge in [0, 0.05) is 51.3 Å². The molecule has 0 bridgehead atoms. The Morgan fingerprint density at radius 1 is 0.909 bits per heavy atom. The molecular weight excluding hydrogens is 574 g/mol. The summed E-state index contributed by atoms with van der Waals surface area (Å²) in [6, 6.07) is 29.3. The average molecular weight is 610 g/mol. The van der Waals surface area contributed by atoms with Crippen molar-refractivity contribution >= 4 is 27.2 Å². The van der Waals surface area contributed by atoms with Gasteiger partial charge < -0.3 is 24.1 Å². The Hall–Kier alpha value is -4.21. The van der Waals surface area contributed by atoms with Crippen LogP contribution in [0.25, 0.3) is 20.5 Å². The summed E-state index contributed by atoms with van der Waals surface area (Å²) < 4.78 is 23.9. The van der Waals surface area contributed by atoms with Gasteiger partial charge in [0.1, 0.15) is 30.5 Å². The van der Waals surface area contributed by atoms with Crippen LogP contribution in [-0.2, 0) is 17.9 Å². The SMILES string of the molecule is COc1cc(C(=O)c2c(-c3ccc(OCCO)cc3)sc3cc(OCc4ccccc4)ccc23)ccc1CN1CCOCC1. The minimum atomic E-state index is -0.0685. The number of fused-ring (bicyclic) bond motifs is 1. The highest BCUT2D eigenvalue weighted by Crippen LogP contribution is 2.42. The molecule has 1 aromatic heterocycles. The molecule has 1 aliphatic rings. The average Bonchev–Trinajstić information content (AvgIpc) is 3.46. The Bertz CT molecular complexity index is 1710. The van der Waals surface area contributed by atoms with E-state index in [1.54, 1.807) is 18.4 Å². The third kappa shape index (κ3) is 6.79. The third-order valence-corrected chi connectivity index (χ3v) is 8.86. The first-order chi connectivity index (χ1) is 21.6. The predicted octanol–water partition coefficient (Wildman–Crippen LogP) is 6.59. The van der Waals surface area contributed by atoms with E-state index in [2.05, 4.69) is 4.90 Å². The van der Waals surface area contributed by atoms with E-state index in [9.17, 15) is 4.79 Å². The van der Waals surface area contributed by atoms with E-state index in [4.69, 9.17) is 24.1 Å². The maximum absolute atomic E-state index is 14.3. The fourth-order valence-electron chi connectivity index (χ4n) is 5.36. The van der Waals surface area contributed by atoms with Gasteiger partial charge >= 0.3 is 0 Å². The number of carbonyl (C=O) groups excluding carboxylic acids is 1. The molecule has 0 aliphatic carbocycles.